The van der Waals surface area contributed by atoms with Gasteiger partial charge in [0.1, 0.15) is 6.10 Å². The highest BCUT2D eigenvalue weighted by molar-refractivity contribution is 5.51. The van der Waals surface area contributed by atoms with E-state index in [0.29, 0.717) is 0 Å². The van der Waals surface area contributed by atoms with Crippen LogP contribution in [-0.4, -0.2) is 31.3 Å². The predicted molar refractivity (Wildman–Crippen MR) is 109 cm³/mol. The summed E-state index contributed by atoms with van der Waals surface area (Å²) in [5.74, 6) is 0. The quantitative estimate of drug-likeness (QED) is 0.862. The standard InChI is InChI=1S/C23H30N2O/c26-23(19-7-11-21(12-8-19)24-15-3-1-4-16-24)20-9-13-22(14-10-20)25-17-5-2-6-18-25/h7-14,23,26H,1-6,15-18H2. The molecule has 0 aromatic heterocycles. The third-order valence-electron chi connectivity index (χ3n) is 5.86. The molecule has 2 aliphatic heterocycles. The van der Waals surface area contributed by atoms with Crippen LogP contribution in [0.1, 0.15) is 55.8 Å². The number of hydrogen-bond acceptors (Lipinski definition) is 3. The van der Waals surface area contributed by atoms with E-state index in [2.05, 4.69) is 58.3 Å². The third kappa shape index (κ3) is 3.88. The first-order valence-corrected chi connectivity index (χ1v) is 10.2. The second-order valence-electron chi connectivity index (χ2n) is 7.68. The largest absolute Gasteiger partial charge is 0.384 e. The molecule has 26 heavy (non-hydrogen) atoms. The van der Waals surface area contributed by atoms with Crippen molar-refractivity contribution in [1.82, 2.24) is 0 Å². The van der Waals surface area contributed by atoms with E-state index >= 15 is 0 Å². The first-order valence-electron chi connectivity index (χ1n) is 10.2. The fraction of sp³-hybridized carbons (Fsp3) is 0.478. The molecular formula is C23H30N2O. The summed E-state index contributed by atoms with van der Waals surface area (Å²) >= 11 is 0. The van der Waals surface area contributed by atoms with Gasteiger partial charge in [0.15, 0.2) is 0 Å². The molecule has 1 N–H and O–H groups in total. The molecule has 138 valence electrons. The Morgan fingerprint density at radius 2 is 0.885 bits per heavy atom. The zero-order chi connectivity index (χ0) is 17.8. The van der Waals surface area contributed by atoms with E-state index in [0.717, 1.165) is 37.3 Å². The number of piperidine rings is 2. The molecule has 0 amide bonds. The molecule has 2 aromatic rings. The zero-order valence-corrected chi connectivity index (χ0v) is 15.6. The number of aliphatic hydroxyl groups is 1. The maximum absolute atomic E-state index is 10.8. The lowest BCUT2D eigenvalue weighted by Crippen LogP contribution is -2.29. The van der Waals surface area contributed by atoms with E-state index in [1.165, 1.54) is 49.9 Å². The summed E-state index contributed by atoms with van der Waals surface area (Å²) in [5, 5.41) is 10.8. The Labute approximate surface area is 157 Å². The van der Waals surface area contributed by atoms with Gasteiger partial charge in [-0.25, -0.2) is 0 Å². The van der Waals surface area contributed by atoms with E-state index in [1.807, 2.05) is 0 Å². The molecule has 0 atom stereocenters. The molecule has 2 saturated heterocycles. The first kappa shape index (κ1) is 17.4. The molecule has 0 aliphatic carbocycles. The predicted octanol–water partition coefficient (Wildman–Crippen LogP) is 4.75. The summed E-state index contributed by atoms with van der Waals surface area (Å²) in [6.45, 7) is 4.61. The van der Waals surface area contributed by atoms with E-state index < -0.39 is 6.10 Å². The number of benzene rings is 2. The molecule has 0 bridgehead atoms. The molecule has 4 rings (SSSR count). The van der Waals surface area contributed by atoms with Gasteiger partial charge in [-0.2, -0.15) is 0 Å². The van der Waals surface area contributed by atoms with Crippen LogP contribution in [0, 0.1) is 0 Å². The fourth-order valence-corrected chi connectivity index (χ4v) is 4.23. The van der Waals surface area contributed by atoms with E-state index in [1.54, 1.807) is 0 Å². The van der Waals surface area contributed by atoms with E-state index in [4.69, 9.17) is 0 Å². The van der Waals surface area contributed by atoms with Crippen molar-refractivity contribution in [2.45, 2.75) is 44.6 Å². The topological polar surface area (TPSA) is 26.7 Å². The summed E-state index contributed by atoms with van der Waals surface area (Å²) in [4.78, 5) is 4.90. The van der Waals surface area contributed by atoms with E-state index in [9.17, 15) is 5.11 Å². The van der Waals surface area contributed by atoms with Crippen LogP contribution in [0.15, 0.2) is 48.5 Å². The van der Waals surface area contributed by atoms with Crippen molar-refractivity contribution in [3.63, 3.8) is 0 Å². The highest BCUT2D eigenvalue weighted by Gasteiger charge is 2.15. The van der Waals surface area contributed by atoms with Gasteiger partial charge in [0, 0.05) is 37.6 Å². The molecule has 2 fully saturated rings. The van der Waals surface area contributed by atoms with Gasteiger partial charge < -0.3 is 14.9 Å². The van der Waals surface area contributed by atoms with Crippen molar-refractivity contribution < 1.29 is 5.11 Å². The average Bonchev–Trinajstić information content (AvgIpc) is 2.75. The summed E-state index contributed by atoms with van der Waals surface area (Å²) in [7, 11) is 0. The third-order valence-corrected chi connectivity index (χ3v) is 5.86. The smallest absolute Gasteiger partial charge is 0.104 e. The molecule has 0 spiro atoms. The first-order chi connectivity index (χ1) is 12.8. The van der Waals surface area contributed by atoms with Crippen molar-refractivity contribution in [2.75, 3.05) is 36.0 Å². The van der Waals surface area contributed by atoms with Gasteiger partial charge in [0.25, 0.3) is 0 Å². The number of aliphatic hydroxyl groups excluding tert-OH is 1. The van der Waals surface area contributed by atoms with Gasteiger partial charge in [-0.1, -0.05) is 24.3 Å². The maximum atomic E-state index is 10.8. The number of hydrogen-bond donors (Lipinski definition) is 1. The monoisotopic (exact) mass is 350 g/mol. The molecule has 0 unspecified atom stereocenters. The highest BCUT2D eigenvalue weighted by atomic mass is 16.3. The van der Waals surface area contributed by atoms with Crippen LogP contribution in [0.25, 0.3) is 0 Å². The number of nitrogens with zero attached hydrogens (tertiary/aromatic N) is 2. The lowest BCUT2D eigenvalue weighted by Gasteiger charge is -2.29. The van der Waals surface area contributed by atoms with Gasteiger partial charge in [-0.05, 0) is 73.9 Å². The van der Waals surface area contributed by atoms with Gasteiger partial charge in [-0.15, -0.1) is 0 Å². The van der Waals surface area contributed by atoms with Crippen molar-refractivity contribution in [3.8, 4) is 0 Å². The molecular weight excluding hydrogens is 320 g/mol. The van der Waals surface area contributed by atoms with E-state index in [-0.39, 0.29) is 0 Å². The SMILES string of the molecule is OC(c1ccc(N2CCCCC2)cc1)c1ccc(N2CCCCC2)cc1. The summed E-state index contributed by atoms with van der Waals surface area (Å²) in [6, 6.07) is 16.9. The summed E-state index contributed by atoms with van der Waals surface area (Å²) in [6.07, 6.45) is 7.28. The number of rotatable bonds is 4. The lowest BCUT2D eigenvalue weighted by atomic mass is 10.00. The summed E-state index contributed by atoms with van der Waals surface area (Å²) < 4.78 is 0. The Morgan fingerprint density at radius 3 is 1.23 bits per heavy atom. The lowest BCUT2D eigenvalue weighted by molar-refractivity contribution is 0.220. The second-order valence-corrected chi connectivity index (χ2v) is 7.68. The minimum atomic E-state index is -0.555. The molecule has 2 heterocycles. The van der Waals surface area contributed by atoms with Crippen molar-refractivity contribution >= 4 is 11.4 Å². The molecule has 3 nitrogen and oxygen atoms in total. The zero-order valence-electron chi connectivity index (χ0n) is 15.6. The van der Waals surface area contributed by atoms with Crippen molar-refractivity contribution in [1.29, 1.82) is 0 Å². The second kappa shape index (κ2) is 8.13. The fourth-order valence-electron chi connectivity index (χ4n) is 4.23. The van der Waals surface area contributed by atoms with Crippen LogP contribution in [-0.2, 0) is 0 Å². The summed E-state index contributed by atoms with van der Waals surface area (Å²) in [5.41, 5.74) is 4.50. The van der Waals surface area contributed by atoms with Gasteiger partial charge >= 0.3 is 0 Å². The molecule has 2 aliphatic rings. The Balaban J connectivity index is 1.43. The van der Waals surface area contributed by atoms with Crippen molar-refractivity contribution in [3.05, 3.63) is 59.7 Å². The van der Waals surface area contributed by atoms with Crippen LogP contribution in [0.5, 0.6) is 0 Å². The Hall–Kier alpha value is -2.00. The van der Waals surface area contributed by atoms with Crippen LogP contribution in [0.3, 0.4) is 0 Å². The Kier molecular flexibility index (Phi) is 5.45. The molecule has 0 radical (unpaired) electrons. The molecule has 2 aromatic carbocycles. The Morgan fingerprint density at radius 1 is 0.538 bits per heavy atom. The van der Waals surface area contributed by atoms with Gasteiger partial charge in [0.05, 0.1) is 0 Å². The minimum Gasteiger partial charge on any atom is -0.384 e. The molecule has 0 saturated carbocycles. The van der Waals surface area contributed by atoms with Gasteiger partial charge in [0.2, 0.25) is 0 Å². The normalized spacial score (nSPS) is 18.4. The van der Waals surface area contributed by atoms with Crippen molar-refractivity contribution in [2.24, 2.45) is 0 Å². The Bertz CT molecular complexity index is 622. The minimum absolute atomic E-state index is 0.555. The average molecular weight is 351 g/mol. The van der Waals surface area contributed by atoms with Crippen LogP contribution in [0.2, 0.25) is 0 Å². The van der Waals surface area contributed by atoms with Crippen LogP contribution in [0.4, 0.5) is 11.4 Å². The molecule has 3 heteroatoms. The van der Waals surface area contributed by atoms with Crippen LogP contribution >= 0.6 is 0 Å². The van der Waals surface area contributed by atoms with Crippen LogP contribution < -0.4 is 9.80 Å². The number of anilines is 2. The highest BCUT2D eigenvalue weighted by Crippen LogP contribution is 2.28. The maximum Gasteiger partial charge on any atom is 0.104 e. The van der Waals surface area contributed by atoms with Gasteiger partial charge in [-0.3, -0.25) is 0 Å².